The van der Waals surface area contributed by atoms with Gasteiger partial charge in [-0.25, -0.2) is 4.39 Å². The zero-order chi connectivity index (χ0) is 25.3. The molecular weight excluding hydrogens is 475 g/mol. The highest BCUT2D eigenvalue weighted by atomic mass is 32.1. The Kier molecular flexibility index (Phi) is 6.45. The van der Waals surface area contributed by atoms with Crippen LogP contribution in [-0.4, -0.2) is 32.0 Å². The molecule has 0 aliphatic carbocycles. The topological polar surface area (TPSA) is 67.2 Å². The van der Waals surface area contributed by atoms with Crippen LogP contribution in [0.4, 0.5) is 4.39 Å². The number of thiophene rings is 1. The average molecular weight is 503 g/mol. The lowest BCUT2D eigenvalue weighted by Gasteiger charge is -2.43. The Hall–Kier alpha value is -3.78. The summed E-state index contributed by atoms with van der Waals surface area (Å²) in [7, 11) is 0. The van der Waals surface area contributed by atoms with Gasteiger partial charge in [-0.2, -0.15) is 5.10 Å². The first-order chi connectivity index (χ1) is 17.4. The molecule has 5 rings (SSSR count). The summed E-state index contributed by atoms with van der Waals surface area (Å²) in [4.78, 5) is 30.0. The van der Waals surface area contributed by atoms with Gasteiger partial charge >= 0.3 is 0 Å². The molecule has 2 aromatic heterocycles. The van der Waals surface area contributed by atoms with Crippen LogP contribution in [0.3, 0.4) is 0 Å². The predicted octanol–water partition coefficient (Wildman–Crippen LogP) is 5.04. The van der Waals surface area contributed by atoms with Crippen LogP contribution in [0.5, 0.6) is 0 Å². The smallest absolute Gasteiger partial charge is 0.273 e. The van der Waals surface area contributed by atoms with E-state index in [9.17, 15) is 14.0 Å². The van der Waals surface area contributed by atoms with Crippen LogP contribution in [0.15, 0.2) is 72.1 Å². The summed E-state index contributed by atoms with van der Waals surface area (Å²) in [5, 5.41) is 9.59. The van der Waals surface area contributed by atoms with Gasteiger partial charge in [0.05, 0.1) is 11.4 Å². The number of carbonyl (C=O) groups excluding carboxylic acids is 2. The van der Waals surface area contributed by atoms with E-state index in [0.29, 0.717) is 12.2 Å². The summed E-state index contributed by atoms with van der Waals surface area (Å²) in [6.45, 7) is 4.62. The van der Waals surface area contributed by atoms with E-state index >= 15 is 0 Å². The molecule has 0 saturated heterocycles. The summed E-state index contributed by atoms with van der Waals surface area (Å²) in [6, 6.07) is 19.8. The number of carbonyl (C=O) groups is 2. The molecule has 1 unspecified atom stereocenters. The van der Waals surface area contributed by atoms with E-state index in [4.69, 9.17) is 0 Å². The number of amides is 2. The monoisotopic (exact) mass is 502 g/mol. The van der Waals surface area contributed by atoms with Gasteiger partial charge in [-0.1, -0.05) is 49.4 Å². The number of fused-ring (bicyclic) bond motifs is 1. The maximum absolute atomic E-state index is 13.8. The number of benzene rings is 2. The second-order valence-corrected chi connectivity index (χ2v) is 10.1. The summed E-state index contributed by atoms with van der Waals surface area (Å²) in [5.41, 5.74) is 2.94. The normalized spacial score (nSPS) is 17.2. The second-order valence-electron chi connectivity index (χ2n) is 9.19. The fourth-order valence-corrected chi connectivity index (χ4v) is 5.15. The number of aromatic nitrogens is 2. The third-order valence-corrected chi connectivity index (χ3v) is 7.59. The molecule has 1 aliphatic heterocycles. The van der Waals surface area contributed by atoms with E-state index in [1.165, 1.54) is 17.7 Å². The molecule has 1 aliphatic rings. The average Bonchev–Trinajstić information content (AvgIpc) is 3.57. The Bertz CT molecular complexity index is 1380. The van der Waals surface area contributed by atoms with Crippen molar-refractivity contribution in [1.82, 2.24) is 20.0 Å². The molecular formula is C28H27FN4O2S. The maximum atomic E-state index is 13.8. The molecule has 0 radical (unpaired) electrons. The number of nitrogens with one attached hydrogen (secondary N) is 1. The zero-order valence-corrected chi connectivity index (χ0v) is 21.0. The van der Waals surface area contributed by atoms with Gasteiger partial charge in [0, 0.05) is 13.1 Å². The highest BCUT2D eigenvalue weighted by molar-refractivity contribution is 7.13. The standard InChI is InChI=1S/C28H27FN4O2S/c1-3-19-6-8-21(9-7-19)17-32-26(34)24-15-23(25-5-4-14-36-25)31-33(24)18-28(32,2)27(35)30-16-20-10-12-22(29)13-11-20/h4-15H,3,16-18H2,1-2H3,(H,30,35). The molecule has 2 aromatic carbocycles. The summed E-state index contributed by atoms with van der Waals surface area (Å²) >= 11 is 1.55. The van der Waals surface area contributed by atoms with E-state index < -0.39 is 5.54 Å². The quantitative estimate of drug-likeness (QED) is 0.385. The van der Waals surface area contributed by atoms with Gasteiger partial charge in [0.25, 0.3) is 5.91 Å². The van der Waals surface area contributed by atoms with Crippen molar-refractivity contribution in [3.05, 3.63) is 100 Å². The molecule has 1 N–H and O–H groups in total. The van der Waals surface area contributed by atoms with Crippen molar-refractivity contribution >= 4 is 23.2 Å². The van der Waals surface area contributed by atoms with Gasteiger partial charge in [-0.05, 0) is 59.7 Å². The minimum absolute atomic E-state index is 0.224. The highest BCUT2D eigenvalue weighted by Crippen LogP contribution is 2.32. The number of aryl methyl sites for hydroxylation is 1. The van der Waals surface area contributed by atoms with Crippen molar-refractivity contribution in [3.63, 3.8) is 0 Å². The summed E-state index contributed by atoms with van der Waals surface area (Å²) < 4.78 is 14.9. The van der Waals surface area contributed by atoms with Crippen LogP contribution in [0, 0.1) is 5.82 Å². The lowest BCUT2D eigenvalue weighted by atomic mass is 9.93. The molecule has 36 heavy (non-hydrogen) atoms. The van der Waals surface area contributed by atoms with E-state index in [-0.39, 0.29) is 30.7 Å². The minimum atomic E-state index is -1.17. The summed E-state index contributed by atoms with van der Waals surface area (Å²) in [5.74, 6) is -0.859. The van der Waals surface area contributed by atoms with Crippen LogP contribution < -0.4 is 5.32 Å². The van der Waals surface area contributed by atoms with Crippen molar-refractivity contribution in [1.29, 1.82) is 0 Å². The van der Waals surface area contributed by atoms with Crippen LogP contribution in [0.25, 0.3) is 10.6 Å². The third-order valence-electron chi connectivity index (χ3n) is 6.70. The summed E-state index contributed by atoms with van der Waals surface area (Å²) in [6.07, 6.45) is 0.928. The molecule has 0 bridgehead atoms. The van der Waals surface area contributed by atoms with Gasteiger partial charge in [-0.3, -0.25) is 14.3 Å². The molecule has 184 valence electrons. The fourth-order valence-electron chi connectivity index (χ4n) is 4.47. The van der Waals surface area contributed by atoms with E-state index in [2.05, 4.69) is 29.5 Å². The maximum Gasteiger partial charge on any atom is 0.273 e. The van der Waals surface area contributed by atoms with E-state index in [0.717, 1.165) is 28.1 Å². The van der Waals surface area contributed by atoms with Gasteiger partial charge in [0.2, 0.25) is 5.91 Å². The first-order valence-corrected chi connectivity index (χ1v) is 12.8. The predicted molar refractivity (Wildman–Crippen MR) is 138 cm³/mol. The van der Waals surface area contributed by atoms with Crippen molar-refractivity contribution in [2.24, 2.45) is 0 Å². The first kappa shape index (κ1) is 23.9. The first-order valence-electron chi connectivity index (χ1n) is 11.9. The number of hydrogen-bond donors (Lipinski definition) is 1. The molecule has 8 heteroatoms. The molecule has 0 spiro atoms. The Morgan fingerprint density at radius 2 is 1.78 bits per heavy atom. The van der Waals surface area contributed by atoms with E-state index in [1.54, 1.807) is 46.0 Å². The number of halogens is 1. The van der Waals surface area contributed by atoms with Gasteiger partial charge in [-0.15, -0.1) is 11.3 Å². The molecule has 0 saturated carbocycles. The van der Waals surface area contributed by atoms with Crippen molar-refractivity contribution in [2.45, 2.75) is 45.4 Å². The molecule has 1 atom stereocenters. The third kappa shape index (κ3) is 4.56. The van der Waals surface area contributed by atoms with Crippen LogP contribution in [-0.2, 0) is 30.8 Å². The van der Waals surface area contributed by atoms with Crippen LogP contribution in [0.1, 0.15) is 41.0 Å². The largest absolute Gasteiger partial charge is 0.350 e. The fraction of sp³-hybridized carbons (Fsp3) is 0.250. The van der Waals surface area contributed by atoms with Crippen LogP contribution in [0.2, 0.25) is 0 Å². The molecule has 3 heterocycles. The van der Waals surface area contributed by atoms with E-state index in [1.807, 2.05) is 29.6 Å². The zero-order valence-electron chi connectivity index (χ0n) is 20.2. The van der Waals surface area contributed by atoms with Crippen molar-refractivity contribution < 1.29 is 14.0 Å². The van der Waals surface area contributed by atoms with Crippen LogP contribution >= 0.6 is 11.3 Å². The Morgan fingerprint density at radius 1 is 1.08 bits per heavy atom. The highest BCUT2D eigenvalue weighted by Gasteiger charge is 2.48. The lowest BCUT2D eigenvalue weighted by Crippen LogP contribution is -2.63. The minimum Gasteiger partial charge on any atom is -0.350 e. The second kappa shape index (κ2) is 9.70. The van der Waals surface area contributed by atoms with Gasteiger partial charge in [0.1, 0.15) is 22.7 Å². The van der Waals surface area contributed by atoms with Crippen molar-refractivity contribution in [2.75, 3.05) is 0 Å². The molecule has 0 fully saturated rings. The van der Waals surface area contributed by atoms with Gasteiger partial charge < -0.3 is 10.2 Å². The Labute approximate surface area is 213 Å². The lowest BCUT2D eigenvalue weighted by molar-refractivity contribution is -0.133. The molecule has 4 aromatic rings. The van der Waals surface area contributed by atoms with Crippen molar-refractivity contribution in [3.8, 4) is 10.6 Å². The molecule has 2 amide bonds. The SMILES string of the molecule is CCc1ccc(CN2C(=O)c3cc(-c4cccs4)nn3CC2(C)C(=O)NCc2ccc(F)cc2)cc1. The number of nitrogens with zero attached hydrogens (tertiary/aromatic N) is 3. The Balaban J connectivity index is 1.47. The van der Waals surface area contributed by atoms with Gasteiger partial charge in [0.15, 0.2) is 0 Å². The molecule has 6 nitrogen and oxygen atoms in total. The number of hydrogen-bond acceptors (Lipinski definition) is 4. The Morgan fingerprint density at radius 3 is 2.44 bits per heavy atom. The number of rotatable bonds is 7.